The molecule has 2 aromatic rings. The largest absolute Gasteiger partial charge is 0.465 e. The van der Waals surface area contributed by atoms with Crippen molar-refractivity contribution in [1.82, 2.24) is 9.21 Å². The van der Waals surface area contributed by atoms with Crippen molar-refractivity contribution in [3.05, 3.63) is 47.9 Å². The molecular formula is C17H23N3O4S. The third kappa shape index (κ3) is 5.15. The van der Waals surface area contributed by atoms with Crippen molar-refractivity contribution in [3.63, 3.8) is 0 Å². The average Bonchev–Trinajstić information content (AvgIpc) is 2.91. The fraction of sp³-hybridized carbons (Fsp3) is 0.353. The minimum atomic E-state index is -3.54. The monoisotopic (exact) mass is 365 g/mol. The van der Waals surface area contributed by atoms with E-state index in [0.717, 1.165) is 15.8 Å². The molecule has 1 N–H and O–H groups in total. The molecule has 2 rings (SSSR count). The first-order valence-electron chi connectivity index (χ1n) is 7.75. The second-order valence-electron chi connectivity index (χ2n) is 6.05. The van der Waals surface area contributed by atoms with Crippen molar-refractivity contribution in [2.75, 3.05) is 33.0 Å². The number of aryl methyl sites for hydroxylation is 1. The van der Waals surface area contributed by atoms with Crippen LogP contribution in [0.2, 0.25) is 0 Å². The van der Waals surface area contributed by atoms with Crippen molar-refractivity contribution in [2.24, 2.45) is 0 Å². The quantitative estimate of drug-likeness (QED) is 0.810. The van der Waals surface area contributed by atoms with E-state index in [-0.39, 0.29) is 17.3 Å². The summed E-state index contributed by atoms with van der Waals surface area (Å²) in [6.45, 7) is 2.53. The molecule has 0 saturated carbocycles. The number of amides is 1. The summed E-state index contributed by atoms with van der Waals surface area (Å²) in [5.41, 5.74) is 0.440. The molecule has 0 radical (unpaired) electrons. The van der Waals surface area contributed by atoms with Gasteiger partial charge in [-0.15, -0.1) is 0 Å². The van der Waals surface area contributed by atoms with E-state index in [4.69, 9.17) is 4.42 Å². The van der Waals surface area contributed by atoms with Gasteiger partial charge in [0.1, 0.15) is 11.5 Å². The number of hydrogen-bond donors (Lipinski definition) is 1. The lowest BCUT2D eigenvalue weighted by molar-refractivity contribution is -0.117. The van der Waals surface area contributed by atoms with Crippen LogP contribution in [-0.2, 0) is 21.4 Å². The van der Waals surface area contributed by atoms with Gasteiger partial charge in [0.15, 0.2) is 0 Å². The molecule has 0 aliphatic rings. The van der Waals surface area contributed by atoms with Crippen molar-refractivity contribution in [3.8, 4) is 0 Å². The topological polar surface area (TPSA) is 82.9 Å². The summed E-state index contributed by atoms with van der Waals surface area (Å²) in [7, 11) is 1.20. The molecule has 0 aliphatic heterocycles. The molecule has 0 saturated heterocycles. The average molecular weight is 365 g/mol. The normalized spacial score (nSPS) is 11.9. The first kappa shape index (κ1) is 19.2. The number of benzene rings is 1. The zero-order valence-corrected chi connectivity index (χ0v) is 15.6. The minimum Gasteiger partial charge on any atom is -0.465 e. The van der Waals surface area contributed by atoms with E-state index in [1.54, 1.807) is 12.1 Å². The lowest BCUT2D eigenvalue weighted by atomic mass is 10.3. The highest BCUT2D eigenvalue weighted by molar-refractivity contribution is 7.89. The van der Waals surface area contributed by atoms with Crippen molar-refractivity contribution < 1.29 is 17.6 Å². The lowest BCUT2D eigenvalue weighted by Gasteiger charge is -2.16. The number of nitrogens with one attached hydrogen (secondary N) is 1. The number of carbonyl (C=O) groups excluding carboxylic acids is 1. The Balaban J connectivity index is 1.98. The molecule has 8 heteroatoms. The highest BCUT2D eigenvalue weighted by atomic mass is 32.2. The standard InChI is InChI=1S/C17H23N3O4S/c1-13-8-9-15(24-13)11-20(4)12-17(21)18-14-6-5-7-16(10-14)25(22,23)19(2)3/h5-10H,11-12H2,1-4H3,(H,18,21). The van der Waals surface area contributed by atoms with Gasteiger partial charge in [0, 0.05) is 19.8 Å². The number of rotatable bonds is 7. The van der Waals surface area contributed by atoms with E-state index in [1.165, 1.54) is 26.2 Å². The second kappa shape index (κ2) is 7.81. The third-order valence-electron chi connectivity index (χ3n) is 3.53. The van der Waals surface area contributed by atoms with Crippen molar-refractivity contribution in [2.45, 2.75) is 18.4 Å². The van der Waals surface area contributed by atoms with E-state index in [2.05, 4.69) is 5.32 Å². The number of carbonyl (C=O) groups is 1. The van der Waals surface area contributed by atoms with Gasteiger partial charge in [-0.25, -0.2) is 12.7 Å². The number of hydrogen-bond acceptors (Lipinski definition) is 5. The van der Waals surface area contributed by atoms with E-state index in [9.17, 15) is 13.2 Å². The second-order valence-corrected chi connectivity index (χ2v) is 8.20. The van der Waals surface area contributed by atoms with Gasteiger partial charge in [-0.3, -0.25) is 9.69 Å². The first-order valence-corrected chi connectivity index (χ1v) is 9.19. The van der Waals surface area contributed by atoms with Gasteiger partial charge in [-0.1, -0.05) is 6.07 Å². The predicted molar refractivity (Wildman–Crippen MR) is 95.7 cm³/mol. The Morgan fingerprint density at radius 3 is 2.48 bits per heavy atom. The summed E-state index contributed by atoms with van der Waals surface area (Å²) in [6, 6.07) is 9.95. The Kier molecular flexibility index (Phi) is 5.99. The van der Waals surface area contributed by atoms with Gasteiger partial charge in [-0.05, 0) is 44.3 Å². The van der Waals surface area contributed by atoms with E-state index in [0.29, 0.717) is 12.2 Å². The molecule has 25 heavy (non-hydrogen) atoms. The number of nitrogens with zero attached hydrogens (tertiary/aromatic N) is 2. The van der Waals surface area contributed by atoms with E-state index < -0.39 is 10.0 Å². The molecule has 0 fully saturated rings. The van der Waals surface area contributed by atoms with Crippen LogP contribution in [0, 0.1) is 6.92 Å². The first-order chi connectivity index (χ1) is 11.7. The summed E-state index contributed by atoms with van der Waals surface area (Å²) in [5.74, 6) is 1.38. The Morgan fingerprint density at radius 2 is 1.88 bits per heavy atom. The zero-order chi connectivity index (χ0) is 18.6. The highest BCUT2D eigenvalue weighted by Crippen LogP contribution is 2.18. The Labute approximate surface area is 148 Å². The molecule has 0 spiro atoms. The predicted octanol–water partition coefficient (Wildman–Crippen LogP) is 1.91. The third-order valence-corrected chi connectivity index (χ3v) is 5.34. The number of anilines is 1. The summed E-state index contributed by atoms with van der Waals surface area (Å²) in [4.78, 5) is 14.1. The molecular weight excluding hydrogens is 342 g/mol. The lowest BCUT2D eigenvalue weighted by Crippen LogP contribution is -2.29. The van der Waals surface area contributed by atoms with Gasteiger partial charge >= 0.3 is 0 Å². The van der Waals surface area contributed by atoms with Crippen molar-refractivity contribution >= 4 is 21.6 Å². The van der Waals surface area contributed by atoms with Crippen molar-refractivity contribution in [1.29, 1.82) is 0 Å². The van der Waals surface area contributed by atoms with Crippen LogP contribution in [0.3, 0.4) is 0 Å². The zero-order valence-electron chi connectivity index (χ0n) is 14.8. The Bertz CT molecular complexity index is 843. The maximum Gasteiger partial charge on any atom is 0.242 e. The summed E-state index contributed by atoms with van der Waals surface area (Å²) in [6.07, 6.45) is 0. The molecule has 0 unspecified atom stereocenters. The molecule has 0 bridgehead atoms. The summed E-state index contributed by atoms with van der Waals surface area (Å²) in [5, 5.41) is 2.72. The van der Waals surface area contributed by atoms with Crippen LogP contribution in [-0.4, -0.2) is 51.2 Å². The highest BCUT2D eigenvalue weighted by Gasteiger charge is 2.18. The molecule has 0 atom stereocenters. The molecule has 0 aliphatic carbocycles. The fourth-order valence-corrected chi connectivity index (χ4v) is 3.23. The summed E-state index contributed by atoms with van der Waals surface area (Å²) < 4.78 is 30.9. The van der Waals surface area contributed by atoms with Crippen LogP contribution in [0.15, 0.2) is 45.7 Å². The summed E-state index contributed by atoms with van der Waals surface area (Å²) >= 11 is 0. The number of furan rings is 1. The van der Waals surface area contributed by atoms with Gasteiger partial charge in [-0.2, -0.15) is 0 Å². The van der Waals surface area contributed by atoms with Crippen LogP contribution >= 0.6 is 0 Å². The number of likely N-dealkylation sites (N-methyl/N-ethyl adjacent to an activating group) is 1. The molecule has 1 aromatic heterocycles. The molecule has 1 heterocycles. The van der Waals surface area contributed by atoms with Gasteiger partial charge < -0.3 is 9.73 Å². The Morgan fingerprint density at radius 1 is 1.16 bits per heavy atom. The van der Waals surface area contributed by atoms with E-state index in [1.807, 2.05) is 31.0 Å². The fourth-order valence-electron chi connectivity index (χ4n) is 2.28. The van der Waals surface area contributed by atoms with Crippen LogP contribution in [0.25, 0.3) is 0 Å². The Hall–Kier alpha value is -2.16. The maximum atomic E-state index is 12.2. The van der Waals surface area contributed by atoms with Crippen LogP contribution in [0.4, 0.5) is 5.69 Å². The van der Waals surface area contributed by atoms with Crippen LogP contribution < -0.4 is 5.32 Å². The van der Waals surface area contributed by atoms with Gasteiger partial charge in [0.25, 0.3) is 0 Å². The van der Waals surface area contributed by atoms with Crippen LogP contribution in [0.1, 0.15) is 11.5 Å². The number of sulfonamides is 1. The van der Waals surface area contributed by atoms with E-state index >= 15 is 0 Å². The molecule has 7 nitrogen and oxygen atoms in total. The minimum absolute atomic E-state index is 0.134. The smallest absolute Gasteiger partial charge is 0.242 e. The van der Waals surface area contributed by atoms with Gasteiger partial charge in [0.2, 0.25) is 15.9 Å². The SMILES string of the molecule is Cc1ccc(CN(C)CC(=O)Nc2cccc(S(=O)(=O)N(C)C)c2)o1. The van der Waals surface area contributed by atoms with Gasteiger partial charge in [0.05, 0.1) is 18.0 Å². The molecule has 1 aromatic carbocycles. The molecule has 136 valence electrons. The molecule has 1 amide bonds. The maximum absolute atomic E-state index is 12.2. The van der Waals surface area contributed by atoms with Crippen LogP contribution in [0.5, 0.6) is 0 Å².